The van der Waals surface area contributed by atoms with Gasteiger partial charge >= 0.3 is 0 Å². The number of rotatable bonds is 2. The first kappa shape index (κ1) is 12.6. The fraction of sp³-hybridized carbons (Fsp3) is 0.0667. The van der Waals surface area contributed by atoms with E-state index < -0.39 is 17.7 Å². The molecule has 100 valence electrons. The number of halogens is 2. The molecule has 0 aliphatic rings. The minimum absolute atomic E-state index is 0.326. The van der Waals surface area contributed by atoms with Gasteiger partial charge in [-0.25, -0.2) is 13.8 Å². The zero-order valence-corrected chi connectivity index (χ0v) is 10.4. The third-order valence-corrected chi connectivity index (χ3v) is 3.03. The van der Waals surface area contributed by atoms with E-state index in [2.05, 4.69) is 9.97 Å². The molecule has 3 nitrogen and oxygen atoms in total. The van der Waals surface area contributed by atoms with Crippen molar-refractivity contribution >= 4 is 11.0 Å². The smallest absolute Gasteiger partial charge is 0.126 e. The molecule has 0 saturated heterocycles. The lowest BCUT2D eigenvalue weighted by molar-refractivity contribution is 0.577. The maximum Gasteiger partial charge on any atom is 0.126 e. The maximum absolute atomic E-state index is 13.2. The van der Waals surface area contributed by atoms with Crippen molar-refractivity contribution < 1.29 is 8.78 Å². The summed E-state index contributed by atoms with van der Waals surface area (Å²) in [6, 6.07) is 9.83. The van der Waals surface area contributed by atoms with Gasteiger partial charge in [0.2, 0.25) is 0 Å². The van der Waals surface area contributed by atoms with Crippen molar-refractivity contribution in [2.75, 3.05) is 0 Å². The Hall–Kier alpha value is -2.40. The van der Waals surface area contributed by atoms with Gasteiger partial charge in [0.1, 0.15) is 11.6 Å². The second kappa shape index (κ2) is 4.94. The van der Waals surface area contributed by atoms with E-state index in [0.29, 0.717) is 16.8 Å². The monoisotopic (exact) mass is 271 g/mol. The summed E-state index contributed by atoms with van der Waals surface area (Å²) in [6.45, 7) is 0. The first-order valence-electron chi connectivity index (χ1n) is 6.07. The highest BCUT2D eigenvalue weighted by Gasteiger charge is 2.14. The number of nitrogens with two attached hydrogens (primary N) is 1. The fourth-order valence-corrected chi connectivity index (χ4v) is 2.05. The average Bonchev–Trinajstić information content (AvgIpc) is 2.45. The number of fused-ring (bicyclic) bond motifs is 1. The van der Waals surface area contributed by atoms with Crippen LogP contribution in [0.3, 0.4) is 0 Å². The van der Waals surface area contributed by atoms with Gasteiger partial charge in [-0.15, -0.1) is 0 Å². The van der Waals surface area contributed by atoms with Crippen molar-refractivity contribution in [1.82, 2.24) is 9.97 Å². The molecule has 0 bridgehead atoms. The normalized spacial score (nSPS) is 12.6. The lowest BCUT2D eigenvalue weighted by Crippen LogP contribution is -2.14. The molecule has 1 unspecified atom stereocenters. The zero-order chi connectivity index (χ0) is 14.1. The Bertz CT molecular complexity index is 754. The standard InChI is InChI=1S/C15H11F2N3/c16-10-5-9(6-11(17)7-10)15(18)14-8-19-12-3-1-2-4-13(12)20-14/h1-8,15H,18H2. The first-order chi connectivity index (χ1) is 9.63. The molecular weight excluding hydrogens is 260 g/mol. The Morgan fingerprint density at radius 3 is 2.30 bits per heavy atom. The third-order valence-electron chi connectivity index (χ3n) is 3.03. The third kappa shape index (κ3) is 2.35. The minimum Gasteiger partial charge on any atom is -0.319 e. The molecule has 0 aliphatic heterocycles. The zero-order valence-electron chi connectivity index (χ0n) is 10.4. The molecule has 1 heterocycles. The van der Waals surface area contributed by atoms with Crippen molar-refractivity contribution in [2.24, 2.45) is 5.73 Å². The number of hydrogen-bond acceptors (Lipinski definition) is 3. The number of aromatic nitrogens is 2. The quantitative estimate of drug-likeness (QED) is 0.779. The minimum atomic E-state index is -0.725. The van der Waals surface area contributed by atoms with Gasteiger partial charge in [0.15, 0.2) is 0 Å². The van der Waals surface area contributed by atoms with E-state index in [1.807, 2.05) is 24.3 Å². The van der Waals surface area contributed by atoms with Gasteiger partial charge in [0, 0.05) is 6.07 Å². The molecule has 1 atom stereocenters. The van der Waals surface area contributed by atoms with Gasteiger partial charge in [-0.05, 0) is 29.8 Å². The van der Waals surface area contributed by atoms with Crippen LogP contribution in [0.4, 0.5) is 8.78 Å². The van der Waals surface area contributed by atoms with E-state index in [4.69, 9.17) is 5.73 Å². The van der Waals surface area contributed by atoms with Crippen LogP contribution >= 0.6 is 0 Å². The van der Waals surface area contributed by atoms with Gasteiger partial charge in [-0.1, -0.05) is 12.1 Å². The Morgan fingerprint density at radius 2 is 1.60 bits per heavy atom. The van der Waals surface area contributed by atoms with E-state index in [1.165, 1.54) is 18.3 Å². The van der Waals surface area contributed by atoms with Crippen LogP contribution in [0.5, 0.6) is 0 Å². The predicted molar refractivity (Wildman–Crippen MR) is 71.9 cm³/mol. The fourth-order valence-electron chi connectivity index (χ4n) is 2.05. The van der Waals surface area contributed by atoms with Crippen molar-refractivity contribution in [3.05, 3.63) is 71.6 Å². The van der Waals surface area contributed by atoms with Crippen LogP contribution in [0.2, 0.25) is 0 Å². The second-order valence-corrected chi connectivity index (χ2v) is 4.46. The Morgan fingerprint density at radius 1 is 0.950 bits per heavy atom. The van der Waals surface area contributed by atoms with E-state index in [0.717, 1.165) is 11.6 Å². The summed E-state index contributed by atoms with van der Waals surface area (Å²) in [7, 11) is 0. The molecule has 0 radical (unpaired) electrons. The second-order valence-electron chi connectivity index (χ2n) is 4.46. The van der Waals surface area contributed by atoms with Crippen molar-refractivity contribution in [3.8, 4) is 0 Å². The van der Waals surface area contributed by atoms with Gasteiger partial charge in [-0.2, -0.15) is 0 Å². The van der Waals surface area contributed by atoms with Gasteiger partial charge in [0.05, 0.1) is 29.0 Å². The predicted octanol–water partition coefficient (Wildman–Crippen LogP) is 2.96. The molecule has 0 aliphatic carbocycles. The summed E-state index contributed by atoms with van der Waals surface area (Å²) in [5.74, 6) is -1.33. The van der Waals surface area contributed by atoms with E-state index >= 15 is 0 Å². The highest BCUT2D eigenvalue weighted by Crippen LogP contribution is 2.21. The molecule has 0 saturated carbocycles. The molecule has 5 heteroatoms. The molecular formula is C15H11F2N3. The summed E-state index contributed by atoms with van der Waals surface area (Å²) in [4.78, 5) is 8.62. The topological polar surface area (TPSA) is 51.8 Å². The summed E-state index contributed by atoms with van der Waals surface area (Å²) in [6.07, 6.45) is 1.52. The Kier molecular flexibility index (Phi) is 3.12. The van der Waals surface area contributed by atoms with E-state index in [1.54, 1.807) is 0 Å². The highest BCUT2D eigenvalue weighted by molar-refractivity contribution is 5.73. The highest BCUT2D eigenvalue weighted by atomic mass is 19.1. The van der Waals surface area contributed by atoms with Crippen molar-refractivity contribution in [1.29, 1.82) is 0 Å². The number of para-hydroxylation sites is 2. The lowest BCUT2D eigenvalue weighted by Gasteiger charge is -2.12. The summed E-state index contributed by atoms with van der Waals surface area (Å²) in [5, 5.41) is 0. The van der Waals surface area contributed by atoms with Crippen LogP contribution in [0.1, 0.15) is 17.3 Å². The molecule has 0 amide bonds. The number of benzene rings is 2. The SMILES string of the molecule is NC(c1cc(F)cc(F)c1)c1cnc2ccccc2n1. The average molecular weight is 271 g/mol. The van der Waals surface area contributed by atoms with Gasteiger partial charge in [-0.3, -0.25) is 4.98 Å². The largest absolute Gasteiger partial charge is 0.319 e. The van der Waals surface area contributed by atoms with Crippen LogP contribution in [-0.2, 0) is 0 Å². The molecule has 1 aromatic heterocycles. The molecule has 2 N–H and O–H groups in total. The molecule has 2 aromatic carbocycles. The lowest BCUT2D eigenvalue weighted by atomic mass is 10.0. The number of nitrogens with zero attached hydrogens (tertiary/aromatic N) is 2. The number of hydrogen-bond donors (Lipinski definition) is 1. The van der Waals surface area contributed by atoms with Crippen LogP contribution in [0, 0.1) is 11.6 Å². The Labute approximate surface area is 114 Å². The maximum atomic E-state index is 13.2. The van der Waals surface area contributed by atoms with Crippen LogP contribution in [-0.4, -0.2) is 9.97 Å². The van der Waals surface area contributed by atoms with Crippen LogP contribution in [0.25, 0.3) is 11.0 Å². The van der Waals surface area contributed by atoms with Gasteiger partial charge in [0.25, 0.3) is 0 Å². The molecule has 0 spiro atoms. The molecule has 20 heavy (non-hydrogen) atoms. The molecule has 3 aromatic rings. The van der Waals surface area contributed by atoms with Crippen molar-refractivity contribution in [3.63, 3.8) is 0 Å². The Balaban J connectivity index is 2.05. The van der Waals surface area contributed by atoms with Gasteiger partial charge < -0.3 is 5.73 Å². The van der Waals surface area contributed by atoms with E-state index in [-0.39, 0.29) is 0 Å². The van der Waals surface area contributed by atoms with Crippen LogP contribution in [0.15, 0.2) is 48.7 Å². The first-order valence-corrected chi connectivity index (χ1v) is 6.07. The molecule has 0 fully saturated rings. The van der Waals surface area contributed by atoms with E-state index in [9.17, 15) is 8.78 Å². The molecule has 3 rings (SSSR count). The summed E-state index contributed by atoms with van der Waals surface area (Å²) in [5.41, 5.74) is 8.24. The van der Waals surface area contributed by atoms with Crippen LogP contribution < -0.4 is 5.73 Å². The summed E-state index contributed by atoms with van der Waals surface area (Å²) < 4.78 is 26.5. The van der Waals surface area contributed by atoms with Crippen molar-refractivity contribution in [2.45, 2.75) is 6.04 Å². The summed E-state index contributed by atoms with van der Waals surface area (Å²) >= 11 is 0.